The molecule has 0 unspecified atom stereocenters. The van der Waals surface area contributed by atoms with Crippen LogP contribution in [0.4, 0.5) is 8.78 Å². The number of alkyl halides is 2. The zero-order valence-corrected chi connectivity index (χ0v) is 18.7. The molecule has 3 rings (SSSR count). The number of hydrogen-bond donors (Lipinski definition) is 1. The number of esters is 1. The Balaban J connectivity index is 1.54. The number of methoxy groups -OCH3 is 2. The van der Waals surface area contributed by atoms with E-state index in [1.54, 1.807) is 18.2 Å². The summed E-state index contributed by atoms with van der Waals surface area (Å²) >= 11 is 1.19. The number of amides is 2. The van der Waals surface area contributed by atoms with Crippen LogP contribution in [0.1, 0.15) is 20.8 Å². The van der Waals surface area contributed by atoms with Crippen LogP contribution in [0.2, 0.25) is 0 Å². The van der Waals surface area contributed by atoms with Crippen molar-refractivity contribution in [3.63, 3.8) is 0 Å². The molecule has 0 saturated heterocycles. The third-order valence-corrected chi connectivity index (χ3v) is 5.16. The maximum Gasteiger partial charge on any atom is 0.387 e. The number of nitrogens with zero attached hydrogens (tertiary/aromatic N) is 1. The molecular weight excluding hydrogens is 474 g/mol. The third-order valence-electron chi connectivity index (χ3n) is 4.27. The molecule has 178 valence electrons. The number of nitrogens with one attached hydrogen (secondary N) is 1. The molecule has 0 fully saturated rings. The van der Waals surface area contributed by atoms with Crippen molar-refractivity contribution in [2.45, 2.75) is 6.61 Å². The zero-order valence-electron chi connectivity index (χ0n) is 17.9. The number of carbonyl (C=O) groups excluding carboxylic acids is 3. The van der Waals surface area contributed by atoms with Gasteiger partial charge in [0.05, 0.1) is 14.2 Å². The molecular formula is C22H18F2N2O7S. The number of aromatic nitrogens is 1. The molecule has 0 aliphatic heterocycles. The van der Waals surface area contributed by atoms with Crippen LogP contribution in [0.3, 0.4) is 0 Å². The first-order chi connectivity index (χ1) is 16.3. The molecule has 0 spiro atoms. The Morgan fingerprint density at radius 3 is 2.38 bits per heavy atom. The van der Waals surface area contributed by atoms with Crippen molar-refractivity contribution in [2.24, 2.45) is 0 Å². The minimum atomic E-state index is -3.00. The molecule has 9 nitrogen and oxygen atoms in total. The Morgan fingerprint density at radius 2 is 1.74 bits per heavy atom. The lowest BCUT2D eigenvalue weighted by molar-refractivity contribution is -0.123. The lowest BCUT2D eigenvalue weighted by Crippen LogP contribution is -2.34. The highest BCUT2D eigenvalue weighted by atomic mass is 32.1. The lowest BCUT2D eigenvalue weighted by atomic mass is 10.2. The summed E-state index contributed by atoms with van der Waals surface area (Å²) in [6, 6.07) is 9.88. The van der Waals surface area contributed by atoms with Crippen molar-refractivity contribution < 1.29 is 42.1 Å². The Kier molecular flexibility index (Phi) is 8.09. The van der Waals surface area contributed by atoms with Crippen molar-refractivity contribution in [2.75, 3.05) is 20.8 Å². The van der Waals surface area contributed by atoms with Gasteiger partial charge < -0.3 is 18.9 Å². The fraction of sp³-hybridized carbons (Fsp3) is 0.182. The largest absolute Gasteiger partial charge is 0.493 e. The lowest BCUT2D eigenvalue weighted by Gasteiger charge is -2.08. The van der Waals surface area contributed by atoms with Gasteiger partial charge in [-0.05, 0) is 42.5 Å². The van der Waals surface area contributed by atoms with Crippen LogP contribution in [0.25, 0.3) is 10.6 Å². The van der Waals surface area contributed by atoms with Crippen LogP contribution in [-0.4, -0.2) is 50.2 Å². The van der Waals surface area contributed by atoms with Gasteiger partial charge in [0, 0.05) is 16.5 Å². The van der Waals surface area contributed by atoms with Crippen LogP contribution in [-0.2, 0) is 9.53 Å². The average Bonchev–Trinajstić information content (AvgIpc) is 3.32. The predicted molar refractivity (Wildman–Crippen MR) is 116 cm³/mol. The topological polar surface area (TPSA) is 113 Å². The van der Waals surface area contributed by atoms with Gasteiger partial charge in [-0.25, -0.2) is 9.78 Å². The van der Waals surface area contributed by atoms with Crippen molar-refractivity contribution in [3.05, 3.63) is 59.1 Å². The number of hydrogen-bond acceptors (Lipinski definition) is 9. The summed E-state index contributed by atoms with van der Waals surface area (Å²) in [5.74, 6) is -1.62. The van der Waals surface area contributed by atoms with E-state index in [1.165, 1.54) is 43.1 Å². The van der Waals surface area contributed by atoms with Gasteiger partial charge in [0.1, 0.15) is 10.8 Å². The SMILES string of the molecule is COc1ccc(-c2nc(C(=O)OCC(=O)NC(=O)c3ccc(OC(F)F)cc3)cs2)cc1OC. The second kappa shape index (κ2) is 11.2. The number of rotatable bonds is 9. The van der Waals surface area contributed by atoms with Crippen LogP contribution in [0.5, 0.6) is 17.2 Å². The van der Waals surface area contributed by atoms with Gasteiger partial charge in [-0.1, -0.05) is 0 Å². The standard InChI is InChI=1S/C22H18F2N2O7S/c1-30-16-8-5-13(9-17(16)31-2)20-25-15(11-34-20)21(29)32-10-18(27)26-19(28)12-3-6-14(7-4-12)33-22(23)24/h3-9,11,22H,10H2,1-2H3,(H,26,27,28). The summed E-state index contributed by atoms with van der Waals surface area (Å²) in [5, 5.41) is 4.02. The fourth-order valence-corrected chi connectivity index (χ4v) is 3.48. The maximum absolute atomic E-state index is 12.2. The molecule has 1 aromatic heterocycles. The van der Waals surface area contributed by atoms with Crippen LogP contribution in [0, 0.1) is 0 Å². The second-order valence-corrected chi connectivity index (χ2v) is 7.32. The monoisotopic (exact) mass is 492 g/mol. The van der Waals surface area contributed by atoms with E-state index in [-0.39, 0.29) is 17.0 Å². The highest BCUT2D eigenvalue weighted by Gasteiger charge is 2.18. The third kappa shape index (κ3) is 6.25. The van der Waals surface area contributed by atoms with Crippen LogP contribution < -0.4 is 19.5 Å². The normalized spacial score (nSPS) is 10.5. The number of carbonyl (C=O) groups is 3. The number of thiazole rings is 1. The van der Waals surface area contributed by atoms with Crippen LogP contribution in [0.15, 0.2) is 47.8 Å². The molecule has 2 amide bonds. The van der Waals surface area contributed by atoms with E-state index in [2.05, 4.69) is 9.72 Å². The van der Waals surface area contributed by atoms with Crippen molar-refractivity contribution >= 4 is 29.1 Å². The molecule has 0 saturated carbocycles. The first-order valence-corrected chi connectivity index (χ1v) is 10.4. The molecule has 2 aromatic carbocycles. The Hall–Kier alpha value is -4.06. The minimum absolute atomic E-state index is 0.0106. The molecule has 0 aliphatic rings. The Morgan fingerprint density at radius 1 is 1.03 bits per heavy atom. The first kappa shape index (κ1) is 24.6. The number of halogens is 2. The van der Waals surface area contributed by atoms with Gasteiger partial charge in [0.25, 0.3) is 11.8 Å². The molecule has 0 aliphatic carbocycles. The quantitative estimate of drug-likeness (QED) is 0.452. The molecule has 1 heterocycles. The fourth-order valence-electron chi connectivity index (χ4n) is 2.70. The van der Waals surface area contributed by atoms with Gasteiger partial charge in [-0.15, -0.1) is 11.3 Å². The van der Waals surface area contributed by atoms with E-state index in [1.807, 2.05) is 5.32 Å². The number of imide groups is 1. The summed E-state index contributed by atoms with van der Waals surface area (Å²) in [4.78, 5) is 40.5. The maximum atomic E-state index is 12.2. The van der Waals surface area contributed by atoms with Gasteiger partial charge in [0.2, 0.25) is 0 Å². The smallest absolute Gasteiger partial charge is 0.387 e. The highest BCUT2D eigenvalue weighted by Crippen LogP contribution is 2.33. The first-order valence-electron chi connectivity index (χ1n) is 9.54. The number of ether oxygens (including phenoxy) is 4. The number of benzene rings is 2. The molecule has 12 heteroatoms. The molecule has 1 N–H and O–H groups in total. The molecule has 0 radical (unpaired) electrons. The van der Waals surface area contributed by atoms with Gasteiger partial charge in [-0.3, -0.25) is 14.9 Å². The van der Waals surface area contributed by atoms with Gasteiger partial charge >= 0.3 is 12.6 Å². The Bertz CT molecular complexity index is 1180. The highest BCUT2D eigenvalue weighted by molar-refractivity contribution is 7.13. The van der Waals surface area contributed by atoms with Gasteiger partial charge in [-0.2, -0.15) is 8.78 Å². The molecule has 34 heavy (non-hydrogen) atoms. The zero-order chi connectivity index (χ0) is 24.7. The van der Waals surface area contributed by atoms with E-state index in [4.69, 9.17) is 14.2 Å². The Labute approximate surface area is 196 Å². The van der Waals surface area contributed by atoms with E-state index < -0.39 is 31.0 Å². The summed E-state index contributed by atoms with van der Waals surface area (Å²) in [5.41, 5.74) is 0.707. The van der Waals surface area contributed by atoms with E-state index >= 15 is 0 Å². The van der Waals surface area contributed by atoms with Crippen LogP contribution >= 0.6 is 11.3 Å². The van der Waals surface area contributed by atoms with Crippen molar-refractivity contribution in [1.29, 1.82) is 0 Å². The van der Waals surface area contributed by atoms with E-state index in [0.717, 1.165) is 12.1 Å². The summed E-state index contributed by atoms with van der Waals surface area (Å²) in [6.45, 7) is -3.72. The molecule has 0 bridgehead atoms. The summed E-state index contributed by atoms with van der Waals surface area (Å²) in [6.07, 6.45) is 0. The summed E-state index contributed by atoms with van der Waals surface area (Å²) in [7, 11) is 3.01. The van der Waals surface area contributed by atoms with E-state index in [9.17, 15) is 23.2 Å². The van der Waals surface area contributed by atoms with Gasteiger partial charge in [0.15, 0.2) is 23.8 Å². The second-order valence-electron chi connectivity index (χ2n) is 6.46. The average molecular weight is 492 g/mol. The van der Waals surface area contributed by atoms with E-state index in [0.29, 0.717) is 22.1 Å². The predicted octanol–water partition coefficient (Wildman–Crippen LogP) is 3.54. The van der Waals surface area contributed by atoms with Crippen molar-refractivity contribution in [3.8, 4) is 27.8 Å². The minimum Gasteiger partial charge on any atom is -0.493 e. The summed E-state index contributed by atoms with van der Waals surface area (Å²) < 4.78 is 43.9. The van der Waals surface area contributed by atoms with Crippen molar-refractivity contribution in [1.82, 2.24) is 10.3 Å². The molecule has 3 aromatic rings. The molecule has 0 atom stereocenters.